The van der Waals surface area contributed by atoms with E-state index in [9.17, 15) is 23.1 Å². The largest absolute Gasteiger partial charge is 0.416 e. The van der Waals surface area contributed by atoms with E-state index >= 15 is 0 Å². The first-order chi connectivity index (χ1) is 11.7. The molecule has 0 saturated carbocycles. The highest BCUT2D eigenvalue weighted by Gasteiger charge is 2.42. The summed E-state index contributed by atoms with van der Waals surface area (Å²) in [6.45, 7) is 1.65. The topological polar surface area (TPSA) is 84.6 Å². The molecule has 2 heterocycles. The van der Waals surface area contributed by atoms with Gasteiger partial charge in [0.15, 0.2) is 17.1 Å². The number of alkyl halides is 3. The molecule has 2 aromatic rings. The van der Waals surface area contributed by atoms with Crippen LogP contribution in [0.3, 0.4) is 0 Å². The van der Waals surface area contributed by atoms with Gasteiger partial charge in [0.2, 0.25) is 0 Å². The lowest BCUT2D eigenvalue weighted by molar-refractivity contribution is -0.195. The fourth-order valence-corrected chi connectivity index (χ4v) is 2.38. The molecule has 1 fully saturated rings. The standard InChI is InChI=1S/C16H15F3N2O4/c1-9(10-3-2-4-11(5-10)16(17,18)19)20-14(22)12-6-13(25-21-12)15(23)7-24-8-15/h2-6,9,23H,7-8H2,1H3,(H,20,22). The highest BCUT2D eigenvalue weighted by atomic mass is 19.4. The zero-order valence-corrected chi connectivity index (χ0v) is 13.1. The van der Waals surface area contributed by atoms with Gasteiger partial charge in [-0.3, -0.25) is 4.79 Å². The smallest absolute Gasteiger partial charge is 0.377 e. The molecule has 1 saturated heterocycles. The molecule has 0 spiro atoms. The van der Waals surface area contributed by atoms with Gasteiger partial charge in [0, 0.05) is 6.07 Å². The summed E-state index contributed by atoms with van der Waals surface area (Å²) in [6, 6.07) is 5.32. The SMILES string of the molecule is CC(NC(=O)c1cc(C2(O)COC2)on1)c1cccc(C(F)(F)F)c1. The van der Waals surface area contributed by atoms with Crippen molar-refractivity contribution in [1.29, 1.82) is 0 Å². The normalized spacial score (nSPS) is 17.6. The van der Waals surface area contributed by atoms with Crippen LogP contribution in [0, 0.1) is 0 Å². The lowest BCUT2D eigenvalue weighted by Gasteiger charge is -2.33. The second-order valence-electron chi connectivity index (χ2n) is 5.92. The van der Waals surface area contributed by atoms with Crippen LogP contribution in [-0.2, 0) is 16.5 Å². The molecular formula is C16H15F3N2O4. The monoisotopic (exact) mass is 356 g/mol. The van der Waals surface area contributed by atoms with Crippen LogP contribution in [0.2, 0.25) is 0 Å². The molecule has 1 aromatic carbocycles. The van der Waals surface area contributed by atoms with Crippen molar-refractivity contribution in [1.82, 2.24) is 10.5 Å². The van der Waals surface area contributed by atoms with Crippen LogP contribution in [0.1, 0.15) is 40.3 Å². The van der Waals surface area contributed by atoms with Gasteiger partial charge in [-0.05, 0) is 24.6 Å². The Labute approximate surface area is 140 Å². The maximum Gasteiger partial charge on any atom is 0.416 e. The number of carbonyl (C=O) groups is 1. The van der Waals surface area contributed by atoms with Crippen molar-refractivity contribution < 1.29 is 32.3 Å². The number of benzene rings is 1. The van der Waals surface area contributed by atoms with Crippen LogP contribution in [0.4, 0.5) is 13.2 Å². The molecule has 0 aliphatic carbocycles. The minimum absolute atomic E-state index is 0.0455. The summed E-state index contributed by atoms with van der Waals surface area (Å²) >= 11 is 0. The molecule has 1 aliphatic heterocycles. The summed E-state index contributed by atoms with van der Waals surface area (Å²) in [5, 5.41) is 16.2. The molecule has 1 aromatic heterocycles. The van der Waals surface area contributed by atoms with E-state index < -0.39 is 29.3 Å². The maximum absolute atomic E-state index is 12.8. The van der Waals surface area contributed by atoms with Gasteiger partial charge in [-0.1, -0.05) is 17.3 Å². The summed E-state index contributed by atoms with van der Waals surface area (Å²) in [4.78, 5) is 12.2. The van der Waals surface area contributed by atoms with Crippen molar-refractivity contribution in [3.8, 4) is 0 Å². The zero-order chi connectivity index (χ0) is 18.2. The zero-order valence-electron chi connectivity index (χ0n) is 13.1. The summed E-state index contributed by atoms with van der Waals surface area (Å²) in [5.74, 6) is -0.514. The van der Waals surface area contributed by atoms with Crippen LogP contribution in [0.5, 0.6) is 0 Å². The van der Waals surface area contributed by atoms with E-state index in [0.717, 1.165) is 12.1 Å². The molecule has 1 atom stereocenters. The number of aromatic nitrogens is 1. The Hall–Kier alpha value is -2.39. The highest BCUT2D eigenvalue weighted by Crippen LogP contribution is 2.31. The fraction of sp³-hybridized carbons (Fsp3) is 0.375. The van der Waals surface area contributed by atoms with E-state index in [1.54, 1.807) is 6.92 Å². The number of nitrogens with one attached hydrogen (secondary N) is 1. The summed E-state index contributed by atoms with van der Waals surface area (Å²) < 4.78 is 48.2. The lowest BCUT2D eigenvalue weighted by atomic mass is 9.99. The number of hydrogen-bond donors (Lipinski definition) is 2. The van der Waals surface area contributed by atoms with Gasteiger partial charge in [-0.2, -0.15) is 13.2 Å². The number of amides is 1. The van der Waals surface area contributed by atoms with E-state index in [4.69, 9.17) is 9.26 Å². The third-order valence-corrected chi connectivity index (χ3v) is 3.94. The van der Waals surface area contributed by atoms with Crippen molar-refractivity contribution >= 4 is 5.91 Å². The van der Waals surface area contributed by atoms with Gasteiger partial charge in [0.1, 0.15) is 0 Å². The minimum atomic E-state index is -4.46. The Kier molecular flexibility index (Phi) is 4.29. The Morgan fingerprint density at radius 1 is 1.36 bits per heavy atom. The van der Waals surface area contributed by atoms with Gasteiger partial charge in [0.05, 0.1) is 24.8 Å². The molecular weight excluding hydrogens is 341 g/mol. The quantitative estimate of drug-likeness (QED) is 0.879. The van der Waals surface area contributed by atoms with E-state index in [-0.39, 0.29) is 24.7 Å². The van der Waals surface area contributed by atoms with E-state index in [1.165, 1.54) is 18.2 Å². The second-order valence-corrected chi connectivity index (χ2v) is 5.92. The summed E-state index contributed by atoms with van der Waals surface area (Å²) in [6.07, 6.45) is -4.46. The molecule has 1 unspecified atom stereocenters. The fourth-order valence-electron chi connectivity index (χ4n) is 2.38. The summed E-state index contributed by atoms with van der Waals surface area (Å²) in [7, 11) is 0. The van der Waals surface area contributed by atoms with Crippen molar-refractivity contribution in [2.45, 2.75) is 24.7 Å². The number of carbonyl (C=O) groups excluding carboxylic acids is 1. The Balaban J connectivity index is 1.71. The first kappa shape index (κ1) is 17.4. The number of rotatable bonds is 4. The van der Waals surface area contributed by atoms with Crippen molar-refractivity contribution in [3.05, 3.63) is 52.9 Å². The average Bonchev–Trinajstić information content (AvgIpc) is 3.02. The number of aliphatic hydroxyl groups is 1. The number of nitrogens with zero attached hydrogens (tertiary/aromatic N) is 1. The molecule has 3 rings (SSSR count). The number of halogens is 3. The molecule has 9 heteroatoms. The maximum atomic E-state index is 12.8. The van der Waals surface area contributed by atoms with Crippen molar-refractivity contribution in [2.75, 3.05) is 13.2 Å². The minimum Gasteiger partial charge on any atom is -0.377 e. The molecule has 25 heavy (non-hydrogen) atoms. The third kappa shape index (κ3) is 3.52. The number of hydrogen-bond acceptors (Lipinski definition) is 5. The van der Waals surface area contributed by atoms with Crippen LogP contribution in [-0.4, -0.2) is 29.4 Å². The molecule has 1 aliphatic rings. The van der Waals surface area contributed by atoms with Crippen molar-refractivity contribution in [3.63, 3.8) is 0 Å². The second kappa shape index (κ2) is 6.16. The summed E-state index contributed by atoms with van der Waals surface area (Å²) in [5.41, 5.74) is -1.85. The molecule has 0 bridgehead atoms. The van der Waals surface area contributed by atoms with Crippen LogP contribution >= 0.6 is 0 Å². The van der Waals surface area contributed by atoms with Gasteiger partial charge in [0.25, 0.3) is 5.91 Å². The number of ether oxygens (including phenoxy) is 1. The van der Waals surface area contributed by atoms with E-state index in [1.807, 2.05) is 0 Å². The molecule has 2 N–H and O–H groups in total. The molecule has 1 amide bonds. The average molecular weight is 356 g/mol. The first-order valence-corrected chi connectivity index (χ1v) is 7.44. The van der Waals surface area contributed by atoms with Crippen LogP contribution in [0.15, 0.2) is 34.9 Å². The first-order valence-electron chi connectivity index (χ1n) is 7.44. The third-order valence-electron chi connectivity index (χ3n) is 3.94. The molecule has 0 radical (unpaired) electrons. The van der Waals surface area contributed by atoms with Crippen LogP contribution in [0.25, 0.3) is 0 Å². The Morgan fingerprint density at radius 2 is 2.08 bits per heavy atom. The lowest BCUT2D eigenvalue weighted by Crippen LogP contribution is -2.46. The van der Waals surface area contributed by atoms with Gasteiger partial charge in [-0.25, -0.2) is 0 Å². The molecule has 134 valence electrons. The van der Waals surface area contributed by atoms with Crippen LogP contribution < -0.4 is 5.32 Å². The predicted molar refractivity (Wildman–Crippen MR) is 78.5 cm³/mol. The highest BCUT2D eigenvalue weighted by molar-refractivity contribution is 5.92. The Bertz CT molecular complexity index is 784. The Morgan fingerprint density at radius 3 is 2.68 bits per heavy atom. The van der Waals surface area contributed by atoms with Crippen molar-refractivity contribution in [2.24, 2.45) is 0 Å². The van der Waals surface area contributed by atoms with Gasteiger partial charge < -0.3 is 19.7 Å². The predicted octanol–water partition coefficient (Wildman–Crippen LogP) is 2.40. The van der Waals surface area contributed by atoms with E-state index in [2.05, 4.69) is 10.5 Å². The van der Waals surface area contributed by atoms with E-state index in [0.29, 0.717) is 5.56 Å². The van der Waals surface area contributed by atoms with Gasteiger partial charge >= 0.3 is 6.18 Å². The van der Waals surface area contributed by atoms with Gasteiger partial charge in [-0.15, -0.1) is 0 Å². The molecule has 6 nitrogen and oxygen atoms in total.